The van der Waals surface area contributed by atoms with Crippen LogP contribution in [0.4, 0.5) is 0 Å². The summed E-state index contributed by atoms with van der Waals surface area (Å²) < 4.78 is 5.75. The zero-order chi connectivity index (χ0) is 17.4. The normalized spacial score (nSPS) is 10.7. The number of nitrogens with one attached hydrogen (secondary N) is 1. The molecule has 1 N–H and O–H groups in total. The molecule has 0 aliphatic rings. The molecule has 2 aromatic rings. The molecule has 2 aromatic carbocycles. The molecule has 0 unspecified atom stereocenters. The summed E-state index contributed by atoms with van der Waals surface area (Å²) in [5, 5.41) is 2.93. The van der Waals surface area contributed by atoms with Gasteiger partial charge in [0.2, 0.25) is 5.91 Å². The van der Waals surface area contributed by atoms with Crippen molar-refractivity contribution in [1.29, 1.82) is 0 Å². The highest BCUT2D eigenvalue weighted by Crippen LogP contribution is 2.23. The molecule has 0 atom stereocenters. The Morgan fingerprint density at radius 1 is 1.12 bits per heavy atom. The highest BCUT2D eigenvalue weighted by molar-refractivity contribution is 5.75. The number of carbonyl (C=O) groups is 1. The van der Waals surface area contributed by atoms with Gasteiger partial charge in [-0.1, -0.05) is 50.2 Å². The first-order chi connectivity index (χ1) is 11.6. The Kier molecular flexibility index (Phi) is 6.86. The molecule has 0 saturated heterocycles. The van der Waals surface area contributed by atoms with Crippen LogP contribution in [0.15, 0.2) is 48.5 Å². The molecule has 3 heteroatoms. The van der Waals surface area contributed by atoms with Crippen LogP contribution in [-0.2, 0) is 11.3 Å². The molecule has 0 aromatic heterocycles. The van der Waals surface area contributed by atoms with Crippen LogP contribution in [0.3, 0.4) is 0 Å². The third-order valence-electron chi connectivity index (χ3n) is 4.01. The number of aryl methyl sites for hydroxylation is 1. The van der Waals surface area contributed by atoms with Crippen LogP contribution in [0.1, 0.15) is 49.3 Å². The van der Waals surface area contributed by atoms with E-state index in [1.165, 1.54) is 11.1 Å². The Bertz CT molecular complexity index is 650. The fourth-order valence-electron chi connectivity index (χ4n) is 2.69. The lowest BCUT2D eigenvalue weighted by Crippen LogP contribution is -2.22. The SMILES string of the molecule is Cc1cc(OCCCC(=O)NCc2ccccc2)ccc1C(C)C. The third kappa shape index (κ3) is 5.73. The van der Waals surface area contributed by atoms with Crippen LogP contribution in [0.2, 0.25) is 0 Å². The number of rotatable bonds is 8. The second kappa shape index (κ2) is 9.11. The number of hydrogen-bond donors (Lipinski definition) is 1. The van der Waals surface area contributed by atoms with Gasteiger partial charge in [0.1, 0.15) is 5.75 Å². The predicted octanol–water partition coefficient (Wildman–Crippen LogP) is 4.59. The maximum atomic E-state index is 11.8. The average Bonchev–Trinajstić information content (AvgIpc) is 2.57. The van der Waals surface area contributed by atoms with E-state index in [0.29, 0.717) is 31.9 Å². The van der Waals surface area contributed by atoms with E-state index in [9.17, 15) is 4.79 Å². The Balaban J connectivity index is 1.67. The zero-order valence-corrected chi connectivity index (χ0v) is 14.8. The summed E-state index contributed by atoms with van der Waals surface area (Å²) in [7, 11) is 0. The Hall–Kier alpha value is -2.29. The van der Waals surface area contributed by atoms with E-state index in [2.05, 4.69) is 38.2 Å². The summed E-state index contributed by atoms with van der Waals surface area (Å²) >= 11 is 0. The van der Waals surface area contributed by atoms with Crippen molar-refractivity contribution in [2.24, 2.45) is 0 Å². The summed E-state index contributed by atoms with van der Waals surface area (Å²) in [5.74, 6) is 1.46. The summed E-state index contributed by atoms with van der Waals surface area (Å²) in [5.41, 5.74) is 3.72. The Morgan fingerprint density at radius 2 is 1.88 bits per heavy atom. The number of ether oxygens (including phenoxy) is 1. The molecule has 24 heavy (non-hydrogen) atoms. The van der Waals surface area contributed by atoms with Crippen molar-refractivity contribution in [3.05, 3.63) is 65.2 Å². The van der Waals surface area contributed by atoms with Crippen molar-refractivity contribution in [2.75, 3.05) is 6.61 Å². The molecule has 128 valence electrons. The van der Waals surface area contributed by atoms with Crippen LogP contribution >= 0.6 is 0 Å². The van der Waals surface area contributed by atoms with Crippen molar-refractivity contribution in [3.8, 4) is 5.75 Å². The van der Waals surface area contributed by atoms with Crippen molar-refractivity contribution in [1.82, 2.24) is 5.32 Å². The van der Waals surface area contributed by atoms with E-state index in [1.54, 1.807) is 0 Å². The van der Waals surface area contributed by atoms with Crippen molar-refractivity contribution >= 4 is 5.91 Å². The van der Waals surface area contributed by atoms with E-state index in [0.717, 1.165) is 11.3 Å². The fourth-order valence-corrected chi connectivity index (χ4v) is 2.69. The van der Waals surface area contributed by atoms with E-state index < -0.39 is 0 Å². The Labute approximate surface area is 145 Å². The molecule has 2 rings (SSSR count). The molecule has 0 radical (unpaired) electrons. The minimum Gasteiger partial charge on any atom is -0.494 e. The highest BCUT2D eigenvalue weighted by Gasteiger charge is 2.05. The van der Waals surface area contributed by atoms with Gasteiger partial charge in [0.25, 0.3) is 0 Å². The van der Waals surface area contributed by atoms with Gasteiger partial charge in [0.05, 0.1) is 6.61 Å². The maximum Gasteiger partial charge on any atom is 0.220 e. The van der Waals surface area contributed by atoms with Gasteiger partial charge < -0.3 is 10.1 Å². The van der Waals surface area contributed by atoms with Gasteiger partial charge >= 0.3 is 0 Å². The summed E-state index contributed by atoms with van der Waals surface area (Å²) in [6.45, 7) is 7.63. The van der Waals surface area contributed by atoms with Gasteiger partial charge in [-0.2, -0.15) is 0 Å². The molecule has 0 aliphatic carbocycles. The van der Waals surface area contributed by atoms with Crippen LogP contribution < -0.4 is 10.1 Å². The lowest BCUT2D eigenvalue weighted by molar-refractivity contribution is -0.121. The first kappa shape index (κ1) is 18.1. The smallest absolute Gasteiger partial charge is 0.220 e. The minimum atomic E-state index is 0.0637. The molecule has 0 aliphatic heterocycles. The standard InChI is InChI=1S/C21H27NO2/c1-16(2)20-12-11-19(14-17(20)3)24-13-7-10-21(23)22-15-18-8-5-4-6-9-18/h4-6,8-9,11-12,14,16H,7,10,13,15H2,1-3H3,(H,22,23). The topological polar surface area (TPSA) is 38.3 Å². The monoisotopic (exact) mass is 325 g/mol. The van der Waals surface area contributed by atoms with Crippen LogP contribution in [0.25, 0.3) is 0 Å². The first-order valence-corrected chi connectivity index (χ1v) is 8.60. The van der Waals surface area contributed by atoms with Crippen LogP contribution in [-0.4, -0.2) is 12.5 Å². The minimum absolute atomic E-state index is 0.0637. The molecule has 0 saturated carbocycles. The van der Waals surface area contributed by atoms with Gasteiger partial charge in [-0.05, 0) is 48.1 Å². The molecule has 0 fully saturated rings. The number of carbonyl (C=O) groups excluding carboxylic acids is 1. The lowest BCUT2D eigenvalue weighted by atomic mass is 9.98. The largest absolute Gasteiger partial charge is 0.494 e. The third-order valence-corrected chi connectivity index (χ3v) is 4.01. The molecular formula is C21H27NO2. The molecule has 0 spiro atoms. The summed E-state index contributed by atoms with van der Waals surface area (Å²) in [6, 6.07) is 16.1. The fraction of sp³-hybridized carbons (Fsp3) is 0.381. The van der Waals surface area contributed by atoms with E-state index in [-0.39, 0.29) is 5.91 Å². The predicted molar refractivity (Wildman–Crippen MR) is 98.3 cm³/mol. The highest BCUT2D eigenvalue weighted by atomic mass is 16.5. The van der Waals surface area contributed by atoms with E-state index in [1.807, 2.05) is 36.4 Å². The lowest BCUT2D eigenvalue weighted by Gasteiger charge is -2.12. The average molecular weight is 325 g/mol. The quantitative estimate of drug-likeness (QED) is 0.721. The molecule has 0 bridgehead atoms. The number of hydrogen-bond acceptors (Lipinski definition) is 2. The second-order valence-electron chi connectivity index (χ2n) is 6.39. The second-order valence-corrected chi connectivity index (χ2v) is 6.39. The van der Waals surface area contributed by atoms with Crippen molar-refractivity contribution < 1.29 is 9.53 Å². The van der Waals surface area contributed by atoms with Crippen molar-refractivity contribution in [2.45, 2.75) is 46.1 Å². The zero-order valence-electron chi connectivity index (χ0n) is 14.8. The molecule has 1 amide bonds. The summed E-state index contributed by atoms with van der Waals surface area (Å²) in [4.78, 5) is 11.8. The molecule has 0 heterocycles. The summed E-state index contributed by atoms with van der Waals surface area (Å²) in [6.07, 6.45) is 1.20. The van der Waals surface area contributed by atoms with Gasteiger partial charge in [0, 0.05) is 13.0 Å². The van der Waals surface area contributed by atoms with Gasteiger partial charge in [0.15, 0.2) is 0 Å². The molecule has 3 nitrogen and oxygen atoms in total. The van der Waals surface area contributed by atoms with E-state index >= 15 is 0 Å². The van der Waals surface area contributed by atoms with Crippen LogP contribution in [0, 0.1) is 6.92 Å². The van der Waals surface area contributed by atoms with Crippen LogP contribution in [0.5, 0.6) is 5.75 Å². The number of benzene rings is 2. The van der Waals surface area contributed by atoms with E-state index in [4.69, 9.17) is 4.74 Å². The van der Waals surface area contributed by atoms with Gasteiger partial charge in [-0.15, -0.1) is 0 Å². The van der Waals surface area contributed by atoms with Gasteiger partial charge in [-0.25, -0.2) is 0 Å². The maximum absolute atomic E-state index is 11.8. The Morgan fingerprint density at radius 3 is 2.54 bits per heavy atom. The first-order valence-electron chi connectivity index (χ1n) is 8.60. The van der Waals surface area contributed by atoms with Gasteiger partial charge in [-0.3, -0.25) is 4.79 Å². The van der Waals surface area contributed by atoms with Crippen molar-refractivity contribution in [3.63, 3.8) is 0 Å². The number of amides is 1. The molecular weight excluding hydrogens is 298 g/mol.